The summed E-state index contributed by atoms with van der Waals surface area (Å²) in [7, 11) is 5.72. The van der Waals surface area contributed by atoms with Crippen molar-refractivity contribution in [3.8, 4) is 0 Å². The van der Waals surface area contributed by atoms with Crippen LogP contribution in [0.5, 0.6) is 0 Å². The van der Waals surface area contributed by atoms with Gasteiger partial charge in [0.1, 0.15) is 0 Å². The molecule has 0 aromatic heterocycles. The van der Waals surface area contributed by atoms with Crippen molar-refractivity contribution in [3.63, 3.8) is 0 Å². The summed E-state index contributed by atoms with van der Waals surface area (Å²) in [5.74, 6) is 0.0240. The standard InChI is InChI=1S/C14H21N3O.C2H6/c1-11(15-2)12-6-5-7-13(10-12)16-14(18)8-9-17(3)4;1-2/h5-7,10,15H,1,8-9H2,2-4H3,(H,16,18);1-2H3. The number of rotatable bonds is 6. The maximum Gasteiger partial charge on any atom is 0.225 e. The molecule has 2 N–H and O–H groups in total. The molecule has 20 heavy (non-hydrogen) atoms. The Morgan fingerprint density at radius 1 is 1.30 bits per heavy atom. The highest BCUT2D eigenvalue weighted by molar-refractivity contribution is 5.91. The van der Waals surface area contributed by atoms with E-state index < -0.39 is 0 Å². The first-order valence-corrected chi connectivity index (χ1v) is 6.94. The summed E-state index contributed by atoms with van der Waals surface area (Å²) in [6, 6.07) is 7.64. The zero-order chi connectivity index (χ0) is 15.5. The van der Waals surface area contributed by atoms with Gasteiger partial charge in [-0.15, -0.1) is 0 Å². The van der Waals surface area contributed by atoms with E-state index in [1.807, 2.05) is 64.2 Å². The van der Waals surface area contributed by atoms with E-state index in [-0.39, 0.29) is 5.91 Å². The Morgan fingerprint density at radius 2 is 1.95 bits per heavy atom. The smallest absolute Gasteiger partial charge is 0.225 e. The van der Waals surface area contributed by atoms with Gasteiger partial charge in [0.25, 0.3) is 0 Å². The molecule has 0 aliphatic carbocycles. The van der Waals surface area contributed by atoms with Gasteiger partial charge < -0.3 is 15.5 Å². The number of nitrogens with one attached hydrogen (secondary N) is 2. The van der Waals surface area contributed by atoms with Crippen molar-refractivity contribution >= 4 is 17.3 Å². The highest BCUT2D eigenvalue weighted by Gasteiger charge is 2.04. The average Bonchev–Trinajstić information content (AvgIpc) is 2.46. The van der Waals surface area contributed by atoms with Gasteiger partial charge in [-0.05, 0) is 31.8 Å². The molecule has 1 aromatic carbocycles. The Hall–Kier alpha value is -1.81. The summed E-state index contributed by atoms with van der Waals surface area (Å²) in [5, 5.41) is 5.87. The quantitative estimate of drug-likeness (QED) is 0.840. The van der Waals surface area contributed by atoms with Gasteiger partial charge in [0.2, 0.25) is 5.91 Å². The molecule has 1 amide bonds. The molecule has 0 spiro atoms. The molecule has 0 aliphatic heterocycles. The van der Waals surface area contributed by atoms with Crippen molar-refractivity contribution in [1.29, 1.82) is 0 Å². The van der Waals surface area contributed by atoms with Crippen LogP contribution >= 0.6 is 0 Å². The molecule has 0 unspecified atom stereocenters. The van der Waals surface area contributed by atoms with Crippen molar-refractivity contribution in [3.05, 3.63) is 36.4 Å². The van der Waals surface area contributed by atoms with E-state index in [0.717, 1.165) is 23.5 Å². The van der Waals surface area contributed by atoms with Gasteiger partial charge in [-0.25, -0.2) is 0 Å². The molecule has 1 rings (SSSR count). The van der Waals surface area contributed by atoms with Crippen molar-refractivity contribution < 1.29 is 4.79 Å². The lowest BCUT2D eigenvalue weighted by Gasteiger charge is -2.11. The first-order valence-electron chi connectivity index (χ1n) is 6.94. The fourth-order valence-corrected chi connectivity index (χ4v) is 1.48. The van der Waals surface area contributed by atoms with Gasteiger partial charge in [-0.3, -0.25) is 4.79 Å². The molecule has 0 fully saturated rings. The molecule has 0 saturated heterocycles. The monoisotopic (exact) mass is 277 g/mol. The number of hydrogen-bond acceptors (Lipinski definition) is 3. The highest BCUT2D eigenvalue weighted by Crippen LogP contribution is 2.15. The van der Waals surface area contributed by atoms with E-state index in [4.69, 9.17) is 0 Å². The maximum absolute atomic E-state index is 11.7. The number of nitrogens with zero attached hydrogens (tertiary/aromatic N) is 1. The topological polar surface area (TPSA) is 44.4 Å². The molecule has 112 valence electrons. The maximum atomic E-state index is 11.7. The van der Waals surface area contributed by atoms with Crippen molar-refractivity contribution in [2.75, 3.05) is 33.0 Å². The number of carbonyl (C=O) groups is 1. The second kappa shape index (κ2) is 10.0. The molecule has 4 nitrogen and oxygen atoms in total. The normalized spacial score (nSPS) is 9.50. The minimum absolute atomic E-state index is 0.0240. The predicted octanol–water partition coefficient (Wildman–Crippen LogP) is 2.79. The lowest BCUT2D eigenvalue weighted by molar-refractivity contribution is -0.116. The zero-order valence-corrected chi connectivity index (χ0v) is 13.3. The molecular formula is C16H27N3O. The first-order chi connectivity index (χ1) is 9.52. The van der Waals surface area contributed by atoms with Gasteiger partial charge in [-0.2, -0.15) is 0 Å². The minimum atomic E-state index is 0.0240. The molecule has 1 aromatic rings. The van der Waals surface area contributed by atoms with E-state index >= 15 is 0 Å². The van der Waals surface area contributed by atoms with E-state index in [0.29, 0.717) is 6.42 Å². The number of hydrogen-bond donors (Lipinski definition) is 2. The molecule has 4 heteroatoms. The van der Waals surface area contributed by atoms with E-state index in [1.165, 1.54) is 0 Å². The molecule has 0 radical (unpaired) electrons. The highest BCUT2D eigenvalue weighted by atomic mass is 16.1. The van der Waals surface area contributed by atoms with Crippen molar-refractivity contribution in [2.45, 2.75) is 20.3 Å². The van der Waals surface area contributed by atoms with Crippen LogP contribution in [0.15, 0.2) is 30.8 Å². The van der Waals surface area contributed by atoms with Crippen LogP contribution in [-0.4, -0.2) is 38.5 Å². The van der Waals surface area contributed by atoms with E-state index in [1.54, 1.807) is 0 Å². The summed E-state index contributed by atoms with van der Waals surface area (Å²) < 4.78 is 0. The van der Waals surface area contributed by atoms with Crippen molar-refractivity contribution in [2.24, 2.45) is 0 Å². The molecule has 0 heterocycles. The van der Waals surface area contributed by atoms with Crippen LogP contribution in [0.1, 0.15) is 25.8 Å². The third kappa shape index (κ3) is 6.95. The fourth-order valence-electron chi connectivity index (χ4n) is 1.48. The average molecular weight is 277 g/mol. The van der Waals surface area contributed by atoms with Crippen LogP contribution in [0.4, 0.5) is 5.69 Å². The lowest BCUT2D eigenvalue weighted by Crippen LogP contribution is -2.20. The fraction of sp³-hybridized carbons (Fsp3) is 0.438. The summed E-state index contributed by atoms with van der Waals surface area (Å²) >= 11 is 0. The van der Waals surface area contributed by atoms with Gasteiger partial charge in [-0.1, -0.05) is 32.6 Å². The van der Waals surface area contributed by atoms with Crippen molar-refractivity contribution in [1.82, 2.24) is 10.2 Å². The van der Waals surface area contributed by atoms with E-state index in [9.17, 15) is 4.79 Å². The van der Waals surface area contributed by atoms with Crippen LogP contribution in [0.25, 0.3) is 5.70 Å². The second-order valence-electron chi connectivity index (χ2n) is 4.41. The minimum Gasteiger partial charge on any atom is -0.388 e. The van der Waals surface area contributed by atoms with Gasteiger partial charge in [0, 0.05) is 31.4 Å². The SMILES string of the molecule is C=C(NC)c1cccc(NC(=O)CCN(C)C)c1.CC. The predicted molar refractivity (Wildman–Crippen MR) is 87.7 cm³/mol. The molecular weight excluding hydrogens is 250 g/mol. The summed E-state index contributed by atoms with van der Waals surface area (Å²) in [6.07, 6.45) is 0.490. The Morgan fingerprint density at radius 3 is 2.50 bits per heavy atom. The van der Waals surface area contributed by atoms with Gasteiger partial charge >= 0.3 is 0 Å². The van der Waals surface area contributed by atoms with Gasteiger partial charge in [0.15, 0.2) is 0 Å². The molecule has 0 saturated carbocycles. The third-order valence-corrected chi connectivity index (χ3v) is 2.58. The van der Waals surface area contributed by atoms with Crippen LogP contribution in [0.2, 0.25) is 0 Å². The second-order valence-corrected chi connectivity index (χ2v) is 4.41. The zero-order valence-electron chi connectivity index (χ0n) is 13.3. The number of anilines is 1. The number of amides is 1. The third-order valence-electron chi connectivity index (χ3n) is 2.58. The molecule has 0 aliphatic rings. The van der Waals surface area contributed by atoms with Crippen LogP contribution in [0.3, 0.4) is 0 Å². The van der Waals surface area contributed by atoms with Crippen LogP contribution < -0.4 is 10.6 Å². The number of carbonyl (C=O) groups excluding carboxylic acids is 1. The van der Waals surface area contributed by atoms with E-state index in [2.05, 4.69) is 17.2 Å². The Kier molecular flexibility index (Phi) is 9.13. The largest absolute Gasteiger partial charge is 0.388 e. The molecule has 0 bridgehead atoms. The Balaban J connectivity index is 0.00000172. The number of benzene rings is 1. The first kappa shape index (κ1) is 18.2. The summed E-state index contributed by atoms with van der Waals surface area (Å²) in [5.41, 5.74) is 2.61. The lowest BCUT2D eigenvalue weighted by atomic mass is 10.1. The summed E-state index contributed by atoms with van der Waals surface area (Å²) in [6.45, 7) is 8.64. The molecule has 0 atom stereocenters. The summed E-state index contributed by atoms with van der Waals surface area (Å²) in [4.78, 5) is 13.7. The van der Waals surface area contributed by atoms with Gasteiger partial charge in [0.05, 0.1) is 0 Å². The van der Waals surface area contributed by atoms with Crippen LogP contribution in [0, 0.1) is 0 Å². The van der Waals surface area contributed by atoms with Crippen LogP contribution in [-0.2, 0) is 4.79 Å². The Labute approximate surface area is 122 Å². The Bertz CT molecular complexity index is 427.